The molecule has 9 nitrogen and oxygen atoms in total. The Balaban J connectivity index is 0.000000384. The predicted molar refractivity (Wildman–Crippen MR) is 126 cm³/mol. The second-order valence-corrected chi connectivity index (χ2v) is 9.79. The molecule has 3 N–H and O–H groups in total. The third-order valence-electron chi connectivity index (χ3n) is 5.68. The van der Waals surface area contributed by atoms with Crippen LogP contribution in [-0.2, 0) is 4.79 Å². The number of halogens is 4. The number of hydrogen-bond acceptors (Lipinski definition) is 7. The smallest absolute Gasteiger partial charge is 0.489 e. The quantitative estimate of drug-likeness (QED) is 0.463. The molecule has 0 spiro atoms. The number of carbonyl (C=O) groups is 1. The first-order valence-corrected chi connectivity index (χ1v) is 11.5. The van der Waals surface area contributed by atoms with Crippen molar-refractivity contribution in [1.82, 2.24) is 19.9 Å². The van der Waals surface area contributed by atoms with Crippen LogP contribution in [0.5, 0.6) is 5.75 Å². The van der Waals surface area contributed by atoms with Crippen molar-refractivity contribution in [1.29, 1.82) is 0 Å². The largest absolute Gasteiger partial charge is 0.490 e. The molecule has 0 aliphatic carbocycles. The Bertz CT molecular complexity index is 1230. The minimum atomic E-state index is -5.08. The van der Waals surface area contributed by atoms with Gasteiger partial charge in [0.2, 0.25) is 0 Å². The average Bonchev–Trinajstić information content (AvgIpc) is 3.17. The van der Waals surface area contributed by atoms with Gasteiger partial charge in [0.25, 0.3) is 0 Å². The van der Waals surface area contributed by atoms with E-state index in [1.54, 1.807) is 30.8 Å². The van der Waals surface area contributed by atoms with Gasteiger partial charge in [-0.25, -0.2) is 14.3 Å². The van der Waals surface area contributed by atoms with Gasteiger partial charge in [0.05, 0.1) is 28.5 Å². The first-order chi connectivity index (χ1) is 16.8. The van der Waals surface area contributed by atoms with Crippen LogP contribution in [0.2, 0.25) is 5.02 Å². The highest BCUT2D eigenvalue weighted by atomic mass is 35.5. The Morgan fingerprint density at radius 3 is 2.42 bits per heavy atom. The Kier molecular flexibility index (Phi) is 7.04. The lowest BCUT2D eigenvalue weighted by molar-refractivity contribution is -0.192. The summed E-state index contributed by atoms with van der Waals surface area (Å²) in [5, 5.41) is 25.5. The highest BCUT2D eigenvalue weighted by molar-refractivity contribution is 6.34. The van der Waals surface area contributed by atoms with Crippen molar-refractivity contribution in [2.24, 2.45) is 0 Å². The zero-order chi connectivity index (χ0) is 26.3. The van der Waals surface area contributed by atoms with E-state index in [0.29, 0.717) is 22.9 Å². The molecule has 6 heterocycles. The Morgan fingerprint density at radius 1 is 1.25 bits per heavy atom. The van der Waals surface area contributed by atoms with Gasteiger partial charge >= 0.3 is 12.1 Å². The fourth-order valence-corrected chi connectivity index (χ4v) is 4.28. The van der Waals surface area contributed by atoms with Gasteiger partial charge < -0.3 is 25.2 Å². The maximum absolute atomic E-state index is 10.6. The number of piperidine rings is 1. The van der Waals surface area contributed by atoms with Crippen molar-refractivity contribution in [3.8, 4) is 16.9 Å². The lowest BCUT2D eigenvalue weighted by Gasteiger charge is -2.48. The number of ether oxygens (including phenoxy) is 1. The monoisotopic (exact) mass is 527 g/mol. The molecule has 2 atom stereocenters. The molecule has 13 heteroatoms. The van der Waals surface area contributed by atoms with Crippen LogP contribution in [0.1, 0.15) is 20.3 Å². The summed E-state index contributed by atoms with van der Waals surface area (Å²) in [6.07, 6.45) is 1.45. The van der Waals surface area contributed by atoms with Gasteiger partial charge in [0.15, 0.2) is 0 Å². The summed E-state index contributed by atoms with van der Waals surface area (Å²) in [7, 11) is 0. The van der Waals surface area contributed by atoms with Crippen LogP contribution in [0.3, 0.4) is 0 Å². The third-order valence-corrected chi connectivity index (χ3v) is 5.96. The number of fused-ring (bicyclic) bond motifs is 3. The molecule has 3 aromatic rings. The number of piperazine rings is 1. The molecule has 0 saturated carbocycles. The van der Waals surface area contributed by atoms with Crippen molar-refractivity contribution >= 4 is 28.9 Å². The number of aliphatic carboxylic acids is 1. The fourth-order valence-electron chi connectivity index (χ4n) is 4.05. The third kappa shape index (κ3) is 6.00. The van der Waals surface area contributed by atoms with Gasteiger partial charge in [-0.1, -0.05) is 11.6 Å². The number of aromatic nitrogens is 3. The van der Waals surface area contributed by atoms with Gasteiger partial charge in [-0.2, -0.15) is 18.3 Å². The number of hydrogen-bond donors (Lipinski definition) is 3. The van der Waals surface area contributed by atoms with E-state index in [4.69, 9.17) is 31.2 Å². The molecule has 2 unspecified atom stereocenters. The number of nitrogens with one attached hydrogen (secondary N) is 1. The predicted octanol–water partition coefficient (Wildman–Crippen LogP) is 3.38. The summed E-state index contributed by atoms with van der Waals surface area (Å²) in [6.45, 7) is 5.60. The topological polar surface area (TPSA) is 112 Å². The molecule has 36 heavy (non-hydrogen) atoms. The van der Waals surface area contributed by atoms with Gasteiger partial charge in [0.1, 0.15) is 18.2 Å². The van der Waals surface area contributed by atoms with Crippen LogP contribution in [0.15, 0.2) is 36.8 Å². The average molecular weight is 528 g/mol. The summed E-state index contributed by atoms with van der Waals surface area (Å²) in [6, 6.07) is 7.22. The van der Waals surface area contributed by atoms with Gasteiger partial charge in [-0.15, -0.1) is 0 Å². The lowest BCUT2D eigenvalue weighted by Crippen LogP contribution is -2.67. The van der Waals surface area contributed by atoms with Crippen LogP contribution < -0.4 is 15.0 Å². The molecule has 3 saturated heterocycles. The van der Waals surface area contributed by atoms with Crippen molar-refractivity contribution in [3.05, 3.63) is 41.8 Å². The number of anilines is 1. The Hall–Kier alpha value is -3.09. The minimum absolute atomic E-state index is 0.176. The molecule has 0 amide bonds. The van der Waals surface area contributed by atoms with Crippen molar-refractivity contribution in [2.75, 3.05) is 24.6 Å². The van der Waals surface area contributed by atoms with Gasteiger partial charge in [-0.3, -0.25) is 0 Å². The lowest BCUT2D eigenvalue weighted by atomic mass is 9.91. The van der Waals surface area contributed by atoms with Crippen molar-refractivity contribution < 1.29 is 32.9 Å². The molecule has 194 valence electrons. The summed E-state index contributed by atoms with van der Waals surface area (Å²) < 4.78 is 39.2. The van der Waals surface area contributed by atoms with E-state index in [1.807, 2.05) is 12.3 Å². The molecule has 3 aromatic heterocycles. The number of aliphatic hydroxyl groups is 1. The van der Waals surface area contributed by atoms with Crippen LogP contribution in [0.25, 0.3) is 16.6 Å². The van der Waals surface area contributed by atoms with E-state index in [1.165, 1.54) is 6.42 Å². The summed E-state index contributed by atoms with van der Waals surface area (Å²) in [4.78, 5) is 15.9. The van der Waals surface area contributed by atoms with E-state index in [2.05, 4.69) is 27.4 Å². The number of pyridine rings is 2. The maximum Gasteiger partial charge on any atom is 0.490 e. The van der Waals surface area contributed by atoms with Crippen LogP contribution in [0.4, 0.5) is 19.0 Å². The van der Waals surface area contributed by atoms with E-state index in [9.17, 15) is 18.3 Å². The maximum atomic E-state index is 10.6. The van der Waals surface area contributed by atoms with Gasteiger partial charge in [-0.05, 0) is 38.5 Å². The van der Waals surface area contributed by atoms with Gasteiger partial charge in [0, 0.05) is 42.5 Å². The fraction of sp³-hybridized carbons (Fsp3) is 0.435. The van der Waals surface area contributed by atoms with Crippen LogP contribution >= 0.6 is 11.6 Å². The zero-order valence-corrected chi connectivity index (χ0v) is 20.2. The molecule has 3 fully saturated rings. The molecule has 0 aromatic carbocycles. The first kappa shape index (κ1) is 26.0. The van der Waals surface area contributed by atoms with E-state index >= 15 is 0 Å². The number of alkyl halides is 3. The zero-order valence-electron chi connectivity index (χ0n) is 19.5. The van der Waals surface area contributed by atoms with E-state index in [-0.39, 0.29) is 6.61 Å². The number of carboxylic acid groups (broad SMARTS) is 1. The number of nitrogens with zero attached hydrogens (tertiary/aromatic N) is 4. The number of rotatable bonds is 5. The molecular weight excluding hydrogens is 503 g/mol. The highest BCUT2D eigenvalue weighted by Gasteiger charge is 2.38. The second kappa shape index (κ2) is 9.75. The number of carboxylic acids is 1. The Labute approximate surface area is 209 Å². The molecule has 2 bridgehead atoms. The molecule has 3 aliphatic rings. The second-order valence-electron chi connectivity index (χ2n) is 9.39. The summed E-state index contributed by atoms with van der Waals surface area (Å²) in [5.41, 5.74) is 1.71. The Morgan fingerprint density at radius 2 is 1.89 bits per heavy atom. The van der Waals surface area contributed by atoms with Crippen molar-refractivity contribution in [2.45, 2.75) is 44.1 Å². The normalized spacial score (nSPS) is 19.4. The van der Waals surface area contributed by atoms with Crippen molar-refractivity contribution in [3.63, 3.8) is 0 Å². The van der Waals surface area contributed by atoms with Crippen LogP contribution in [-0.4, -0.2) is 74.3 Å². The molecule has 6 rings (SSSR count). The standard InChI is InChI=1S/C21H24ClN5O2.C2HF3O2/c1-21(2,28)12-29-16-6-17(20-18(22)8-24-27(20)11-16)13-3-4-19(23-7-13)26-9-14-5-15(10-26)25-14;3-2(4,5)1(6)7/h3-4,6-8,11,14-15,25,28H,5,9-10,12H2,1-2H3;(H,6,7). The van der Waals surface area contributed by atoms with E-state index < -0.39 is 17.7 Å². The summed E-state index contributed by atoms with van der Waals surface area (Å²) in [5.74, 6) is -1.15. The highest BCUT2D eigenvalue weighted by Crippen LogP contribution is 2.34. The molecular formula is C23H25ClF3N5O4. The minimum Gasteiger partial charge on any atom is -0.489 e. The summed E-state index contributed by atoms with van der Waals surface area (Å²) >= 11 is 6.40. The molecule has 0 radical (unpaired) electrons. The molecule has 3 aliphatic heterocycles. The van der Waals surface area contributed by atoms with E-state index in [0.717, 1.165) is 35.6 Å². The SMILES string of the molecule is CC(C)(O)COc1cc(-c2ccc(N3CC4CC(C3)N4)nc2)c2c(Cl)cnn2c1.O=C(O)C(F)(F)F. The first-order valence-electron chi connectivity index (χ1n) is 11.1. The van der Waals surface area contributed by atoms with Crippen LogP contribution in [0, 0.1) is 0 Å².